The monoisotopic (exact) mass is 259 g/mol. The van der Waals surface area contributed by atoms with E-state index in [-0.39, 0.29) is 18.2 Å². The first-order valence-electron chi connectivity index (χ1n) is 7.02. The molecule has 1 rings (SSSR count). The van der Waals surface area contributed by atoms with E-state index < -0.39 is 6.10 Å². The SMILES string of the molecule is CC1CCCC(CO)N1CC(O)COC(C)(C)C. The lowest BCUT2D eigenvalue weighted by Gasteiger charge is -2.41. The first-order valence-corrected chi connectivity index (χ1v) is 7.02. The zero-order valence-electron chi connectivity index (χ0n) is 12.2. The maximum atomic E-state index is 10.0. The highest BCUT2D eigenvalue weighted by molar-refractivity contribution is 4.83. The maximum Gasteiger partial charge on any atom is 0.0900 e. The Morgan fingerprint density at radius 3 is 2.56 bits per heavy atom. The van der Waals surface area contributed by atoms with Gasteiger partial charge in [0.05, 0.1) is 24.9 Å². The van der Waals surface area contributed by atoms with Gasteiger partial charge in [0, 0.05) is 18.6 Å². The number of hydrogen-bond donors (Lipinski definition) is 2. The second kappa shape index (κ2) is 6.85. The van der Waals surface area contributed by atoms with Crippen molar-refractivity contribution in [3.05, 3.63) is 0 Å². The molecule has 4 nitrogen and oxygen atoms in total. The van der Waals surface area contributed by atoms with E-state index in [2.05, 4.69) is 11.8 Å². The summed E-state index contributed by atoms with van der Waals surface area (Å²) < 4.78 is 5.60. The molecule has 4 heteroatoms. The van der Waals surface area contributed by atoms with Crippen molar-refractivity contribution in [3.8, 4) is 0 Å². The van der Waals surface area contributed by atoms with Crippen molar-refractivity contribution in [2.75, 3.05) is 19.8 Å². The molecule has 0 aromatic heterocycles. The molecule has 0 bridgehead atoms. The Morgan fingerprint density at radius 1 is 1.33 bits per heavy atom. The van der Waals surface area contributed by atoms with Crippen LogP contribution in [0.4, 0.5) is 0 Å². The Bertz CT molecular complexity index is 240. The molecule has 3 atom stereocenters. The minimum Gasteiger partial charge on any atom is -0.395 e. The lowest BCUT2D eigenvalue weighted by atomic mass is 9.96. The predicted octanol–water partition coefficient (Wildman–Crippen LogP) is 1.40. The number of hydrogen-bond acceptors (Lipinski definition) is 4. The molecule has 0 aromatic carbocycles. The molecule has 1 saturated heterocycles. The fourth-order valence-corrected chi connectivity index (χ4v) is 2.51. The summed E-state index contributed by atoms with van der Waals surface area (Å²) in [5.74, 6) is 0. The summed E-state index contributed by atoms with van der Waals surface area (Å²) in [7, 11) is 0. The van der Waals surface area contributed by atoms with Gasteiger partial charge < -0.3 is 14.9 Å². The van der Waals surface area contributed by atoms with E-state index in [9.17, 15) is 10.2 Å². The van der Waals surface area contributed by atoms with E-state index in [0.717, 1.165) is 19.3 Å². The van der Waals surface area contributed by atoms with E-state index in [1.807, 2.05) is 20.8 Å². The Kier molecular flexibility index (Phi) is 6.05. The zero-order chi connectivity index (χ0) is 13.8. The summed E-state index contributed by atoms with van der Waals surface area (Å²) in [6, 6.07) is 0.623. The number of ether oxygens (including phenoxy) is 1. The van der Waals surface area contributed by atoms with Gasteiger partial charge in [0.15, 0.2) is 0 Å². The van der Waals surface area contributed by atoms with Gasteiger partial charge in [-0.15, -0.1) is 0 Å². The van der Waals surface area contributed by atoms with Crippen LogP contribution in [-0.4, -0.2) is 58.7 Å². The molecule has 2 N–H and O–H groups in total. The first kappa shape index (κ1) is 15.9. The molecule has 18 heavy (non-hydrogen) atoms. The van der Waals surface area contributed by atoms with Gasteiger partial charge in [-0.3, -0.25) is 4.90 Å². The zero-order valence-corrected chi connectivity index (χ0v) is 12.2. The van der Waals surface area contributed by atoms with Crippen LogP contribution in [0.1, 0.15) is 47.0 Å². The van der Waals surface area contributed by atoms with Gasteiger partial charge >= 0.3 is 0 Å². The highest BCUT2D eigenvalue weighted by Crippen LogP contribution is 2.22. The molecule has 0 saturated carbocycles. The van der Waals surface area contributed by atoms with E-state index in [4.69, 9.17) is 4.74 Å². The number of rotatable bonds is 5. The van der Waals surface area contributed by atoms with E-state index in [1.54, 1.807) is 0 Å². The first-order chi connectivity index (χ1) is 8.33. The van der Waals surface area contributed by atoms with Gasteiger partial charge in [-0.2, -0.15) is 0 Å². The molecule has 3 unspecified atom stereocenters. The lowest BCUT2D eigenvalue weighted by molar-refractivity contribution is -0.0684. The third-order valence-electron chi connectivity index (χ3n) is 3.54. The second-order valence-corrected chi connectivity index (χ2v) is 6.39. The van der Waals surface area contributed by atoms with Crippen molar-refractivity contribution in [1.82, 2.24) is 4.90 Å². The molecule has 1 aliphatic heterocycles. The molecular formula is C14H29NO3. The maximum absolute atomic E-state index is 10.0. The van der Waals surface area contributed by atoms with E-state index in [0.29, 0.717) is 19.2 Å². The molecule has 0 spiro atoms. The van der Waals surface area contributed by atoms with Crippen molar-refractivity contribution in [3.63, 3.8) is 0 Å². The fraction of sp³-hybridized carbons (Fsp3) is 1.00. The third kappa shape index (κ3) is 5.22. The van der Waals surface area contributed by atoms with Crippen LogP contribution in [0.15, 0.2) is 0 Å². The Hall–Kier alpha value is -0.160. The van der Waals surface area contributed by atoms with Crippen LogP contribution < -0.4 is 0 Å². The van der Waals surface area contributed by atoms with Crippen LogP contribution in [0.2, 0.25) is 0 Å². The quantitative estimate of drug-likeness (QED) is 0.783. The van der Waals surface area contributed by atoms with Crippen LogP contribution >= 0.6 is 0 Å². The van der Waals surface area contributed by atoms with Gasteiger partial charge in [0.25, 0.3) is 0 Å². The number of aliphatic hydroxyl groups is 2. The van der Waals surface area contributed by atoms with Gasteiger partial charge in [0.2, 0.25) is 0 Å². The van der Waals surface area contributed by atoms with Crippen LogP contribution in [-0.2, 0) is 4.74 Å². The summed E-state index contributed by atoms with van der Waals surface area (Å²) >= 11 is 0. The number of β-amino-alcohol motifs (C(OH)–C–C–N with tert-alkyl or cyclic N) is 1. The van der Waals surface area contributed by atoms with Gasteiger partial charge in [-0.05, 0) is 40.5 Å². The smallest absolute Gasteiger partial charge is 0.0900 e. The van der Waals surface area contributed by atoms with E-state index >= 15 is 0 Å². The minimum absolute atomic E-state index is 0.178. The molecule has 1 fully saturated rings. The van der Waals surface area contributed by atoms with Gasteiger partial charge in [0.1, 0.15) is 0 Å². The number of likely N-dealkylation sites (tertiary alicyclic amines) is 1. The summed E-state index contributed by atoms with van der Waals surface area (Å²) in [5.41, 5.74) is -0.217. The average molecular weight is 259 g/mol. The fourth-order valence-electron chi connectivity index (χ4n) is 2.51. The molecule has 1 heterocycles. The largest absolute Gasteiger partial charge is 0.395 e. The van der Waals surface area contributed by atoms with E-state index in [1.165, 1.54) is 0 Å². The van der Waals surface area contributed by atoms with Crippen LogP contribution in [0, 0.1) is 0 Å². The van der Waals surface area contributed by atoms with Crippen LogP contribution in [0.25, 0.3) is 0 Å². The lowest BCUT2D eigenvalue weighted by Crippen LogP contribution is -2.51. The minimum atomic E-state index is -0.487. The molecule has 0 radical (unpaired) electrons. The van der Waals surface area contributed by atoms with Crippen molar-refractivity contribution >= 4 is 0 Å². The van der Waals surface area contributed by atoms with Crippen molar-refractivity contribution < 1.29 is 14.9 Å². The number of nitrogens with zero attached hydrogens (tertiary/aromatic N) is 1. The Balaban J connectivity index is 2.42. The Labute approximate surface area is 111 Å². The van der Waals surface area contributed by atoms with Crippen molar-refractivity contribution in [2.45, 2.75) is 70.7 Å². The molecular weight excluding hydrogens is 230 g/mol. The second-order valence-electron chi connectivity index (χ2n) is 6.39. The van der Waals surface area contributed by atoms with Crippen molar-refractivity contribution in [2.24, 2.45) is 0 Å². The topological polar surface area (TPSA) is 52.9 Å². The van der Waals surface area contributed by atoms with Crippen molar-refractivity contribution in [1.29, 1.82) is 0 Å². The highest BCUT2D eigenvalue weighted by atomic mass is 16.5. The predicted molar refractivity (Wildman–Crippen MR) is 72.6 cm³/mol. The number of aliphatic hydroxyl groups excluding tert-OH is 2. The molecule has 108 valence electrons. The standard InChI is InChI=1S/C14H29NO3/c1-11-6-5-7-12(9-16)15(11)8-13(17)10-18-14(2,3)4/h11-13,16-17H,5-10H2,1-4H3. The molecule has 0 aromatic rings. The summed E-state index contributed by atoms with van der Waals surface area (Å²) in [5, 5.41) is 19.4. The summed E-state index contributed by atoms with van der Waals surface area (Å²) in [4.78, 5) is 2.22. The number of piperidine rings is 1. The molecule has 0 aliphatic carbocycles. The molecule has 1 aliphatic rings. The Morgan fingerprint density at radius 2 is 2.00 bits per heavy atom. The average Bonchev–Trinajstić information content (AvgIpc) is 2.28. The van der Waals surface area contributed by atoms with Crippen LogP contribution in [0.3, 0.4) is 0 Å². The van der Waals surface area contributed by atoms with Gasteiger partial charge in [-0.25, -0.2) is 0 Å². The van der Waals surface area contributed by atoms with Crippen LogP contribution in [0.5, 0.6) is 0 Å². The summed E-state index contributed by atoms with van der Waals surface area (Å²) in [6.07, 6.45) is 2.84. The summed E-state index contributed by atoms with van der Waals surface area (Å²) in [6.45, 7) is 9.24. The third-order valence-corrected chi connectivity index (χ3v) is 3.54. The normalized spacial score (nSPS) is 28.3. The van der Waals surface area contributed by atoms with Gasteiger partial charge in [-0.1, -0.05) is 6.42 Å². The molecule has 0 amide bonds. The highest BCUT2D eigenvalue weighted by Gasteiger charge is 2.29.